The first-order valence-corrected chi connectivity index (χ1v) is 3.36. The second-order valence-corrected chi connectivity index (χ2v) is 2.86. The molecule has 0 spiro atoms. The zero-order valence-electron chi connectivity index (χ0n) is 5.72. The van der Waals surface area contributed by atoms with Crippen molar-refractivity contribution in [3.63, 3.8) is 0 Å². The second-order valence-electron chi connectivity index (χ2n) is 2.86. The molecule has 1 aliphatic carbocycles. The van der Waals surface area contributed by atoms with Gasteiger partial charge in [0.25, 0.3) is 0 Å². The molecule has 0 radical (unpaired) electrons. The minimum absolute atomic E-state index is 0.721. The van der Waals surface area contributed by atoms with Crippen molar-refractivity contribution < 1.29 is 4.42 Å². The Kier molecular flexibility index (Phi) is 0.797. The van der Waals surface area contributed by atoms with Crippen LogP contribution >= 0.6 is 0 Å². The predicted octanol–water partition coefficient (Wildman–Crippen LogP) is 2.50. The summed E-state index contributed by atoms with van der Waals surface area (Å²) in [6.07, 6.45) is 3.72. The van der Waals surface area contributed by atoms with Crippen LogP contribution in [0.2, 0.25) is 0 Å². The molecule has 0 N–H and O–H groups in total. The molecule has 1 aromatic rings. The molecule has 2 rings (SSSR count). The SMILES string of the molecule is CC1c2cocc2C1C. The van der Waals surface area contributed by atoms with Crippen LogP contribution < -0.4 is 0 Å². The summed E-state index contributed by atoms with van der Waals surface area (Å²) in [4.78, 5) is 0. The van der Waals surface area contributed by atoms with Crippen molar-refractivity contribution in [2.45, 2.75) is 25.7 Å². The summed E-state index contributed by atoms with van der Waals surface area (Å²) in [7, 11) is 0. The zero-order chi connectivity index (χ0) is 6.43. The lowest BCUT2D eigenvalue weighted by Crippen LogP contribution is -2.16. The Hall–Kier alpha value is -0.720. The van der Waals surface area contributed by atoms with Gasteiger partial charge in [-0.3, -0.25) is 0 Å². The first-order chi connectivity index (χ1) is 4.30. The van der Waals surface area contributed by atoms with E-state index in [0.29, 0.717) is 0 Å². The highest BCUT2D eigenvalue weighted by Crippen LogP contribution is 2.46. The fourth-order valence-corrected chi connectivity index (χ4v) is 1.50. The molecular formula is C8H10O. The summed E-state index contributed by atoms with van der Waals surface area (Å²) in [6, 6.07) is 0. The molecule has 0 saturated carbocycles. The van der Waals surface area contributed by atoms with Gasteiger partial charge >= 0.3 is 0 Å². The zero-order valence-corrected chi connectivity index (χ0v) is 5.72. The second kappa shape index (κ2) is 1.41. The molecule has 1 heterocycles. The number of fused-ring (bicyclic) bond motifs is 1. The number of hydrogen-bond acceptors (Lipinski definition) is 1. The van der Waals surface area contributed by atoms with E-state index in [1.54, 1.807) is 0 Å². The van der Waals surface area contributed by atoms with Crippen LogP contribution in [0.1, 0.15) is 36.8 Å². The van der Waals surface area contributed by atoms with E-state index >= 15 is 0 Å². The molecule has 1 heteroatoms. The van der Waals surface area contributed by atoms with E-state index in [1.807, 2.05) is 12.5 Å². The summed E-state index contributed by atoms with van der Waals surface area (Å²) < 4.78 is 5.05. The molecule has 1 nitrogen and oxygen atoms in total. The summed E-state index contributed by atoms with van der Waals surface area (Å²) >= 11 is 0. The maximum Gasteiger partial charge on any atom is 0.0940 e. The van der Waals surface area contributed by atoms with E-state index < -0.39 is 0 Å². The quantitative estimate of drug-likeness (QED) is 0.515. The molecule has 9 heavy (non-hydrogen) atoms. The lowest BCUT2D eigenvalue weighted by molar-refractivity contribution is 0.548. The molecule has 2 atom stereocenters. The molecule has 2 unspecified atom stereocenters. The maximum absolute atomic E-state index is 5.05. The first kappa shape index (κ1) is 5.10. The first-order valence-electron chi connectivity index (χ1n) is 3.36. The fourth-order valence-electron chi connectivity index (χ4n) is 1.50. The average molecular weight is 122 g/mol. The highest BCUT2D eigenvalue weighted by molar-refractivity contribution is 5.40. The monoisotopic (exact) mass is 122 g/mol. The van der Waals surface area contributed by atoms with E-state index in [9.17, 15) is 0 Å². The van der Waals surface area contributed by atoms with E-state index in [4.69, 9.17) is 4.42 Å². The van der Waals surface area contributed by atoms with Gasteiger partial charge in [0.1, 0.15) is 0 Å². The lowest BCUT2D eigenvalue weighted by atomic mass is 9.73. The maximum atomic E-state index is 5.05. The molecule has 0 bridgehead atoms. The van der Waals surface area contributed by atoms with Crippen LogP contribution in [0.3, 0.4) is 0 Å². The number of rotatable bonds is 0. The standard InChI is InChI=1S/C8H10O/c1-5-6(2)8-4-9-3-7(5)8/h3-6H,1-2H3. The van der Waals surface area contributed by atoms with Gasteiger partial charge in [0.2, 0.25) is 0 Å². The Morgan fingerprint density at radius 1 is 1.11 bits per heavy atom. The third-order valence-electron chi connectivity index (χ3n) is 2.45. The van der Waals surface area contributed by atoms with Crippen LogP contribution in [0.4, 0.5) is 0 Å². The van der Waals surface area contributed by atoms with Crippen LogP contribution in [0.5, 0.6) is 0 Å². The van der Waals surface area contributed by atoms with Crippen molar-refractivity contribution >= 4 is 0 Å². The van der Waals surface area contributed by atoms with Crippen molar-refractivity contribution in [1.82, 2.24) is 0 Å². The van der Waals surface area contributed by atoms with Crippen LogP contribution in [0, 0.1) is 0 Å². The van der Waals surface area contributed by atoms with Crippen LogP contribution in [0.25, 0.3) is 0 Å². The molecule has 0 aromatic carbocycles. The molecule has 0 aliphatic heterocycles. The predicted molar refractivity (Wildman–Crippen MR) is 35.5 cm³/mol. The Morgan fingerprint density at radius 3 is 2.00 bits per heavy atom. The van der Waals surface area contributed by atoms with Crippen LogP contribution in [-0.4, -0.2) is 0 Å². The molecule has 0 fully saturated rings. The van der Waals surface area contributed by atoms with Gasteiger partial charge in [-0.05, 0) is 23.0 Å². The van der Waals surface area contributed by atoms with Gasteiger partial charge in [0, 0.05) is 0 Å². The van der Waals surface area contributed by atoms with Crippen molar-refractivity contribution in [2.24, 2.45) is 0 Å². The van der Waals surface area contributed by atoms with Gasteiger partial charge < -0.3 is 4.42 Å². The van der Waals surface area contributed by atoms with Crippen molar-refractivity contribution in [1.29, 1.82) is 0 Å². The Balaban J connectivity index is 2.50. The lowest BCUT2D eigenvalue weighted by Gasteiger charge is -2.29. The van der Waals surface area contributed by atoms with Gasteiger partial charge in [0.05, 0.1) is 12.5 Å². The third kappa shape index (κ3) is 0.448. The molecular weight excluding hydrogens is 112 g/mol. The Bertz CT molecular complexity index is 202. The smallest absolute Gasteiger partial charge is 0.0940 e. The average Bonchev–Trinajstić information content (AvgIpc) is 2.30. The normalized spacial score (nSPS) is 31.3. The summed E-state index contributed by atoms with van der Waals surface area (Å²) in [5.74, 6) is 1.44. The minimum Gasteiger partial charge on any atom is -0.472 e. The van der Waals surface area contributed by atoms with Crippen LogP contribution in [0.15, 0.2) is 16.9 Å². The summed E-state index contributed by atoms with van der Waals surface area (Å²) in [5, 5.41) is 0. The van der Waals surface area contributed by atoms with Crippen molar-refractivity contribution in [3.8, 4) is 0 Å². The molecule has 0 amide bonds. The third-order valence-corrected chi connectivity index (χ3v) is 2.45. The van der Waals surface area contributed by atoms with Crippen LogP contribution in [-0.2, 0) is 0 Å². The molecule has 0 saturated heterocycles. The van der Waals surface area contributed by atoms with Gasteiger partial charge in [-0.1, -0.05) is 13.8 Å². The molecule has 1 aromatic heterocycles. The number of hydrogen-bond donors (Lipinski definition) is 0. The molecule has 1 aliphatic rings. The van der Waals surface area contributed by atoms with Crippen molar-refractivity contribution in [2.75, 3.05) is 0 Å². The fraction of sp³-hybridized carbons (Fsp3) is 0.500. The minimum atomic E-state index is 0.721. The highest BCUT2D eigenvalue weighted by atomic mass is 16.3. The summed E-state index contributed by atoms with van der Waals surface area (Å²) in [6.45, 7) is 4.48. The topological polar surface area (TPSA) is 13.1 Å². The van der Waals surface area contributed by atoms with Gasteiger partial charge in [-0.2, -0.15) is 0 Å². The van der Waals surface area contributed by atoms with Gasteiger partial charge in [0.15, 0.2) is 0 Å². The number of furan rings is 1. The Morgan fingerprint density at radius 2 is 1.56 bits per heavy atom. The van der Waals surface area contributed by atoms with E-state index in [1.165, 1.54) is 11.1 Å². The van der Waals surface area contributed by atoms with Crippen molar-refractivity contribution in [3.05, 3.63) is 23.7 Å². The van der Waals surface area contributed by atoms with Gasteiger partial charge in [-0.25, -0.2) is 0 Å². The van der Waals surface area contributed by atoms with E-state index in [-0.39, 0.29) is 0 Å². The molecule has 48 valence electrons. The Labute approximate surface area is 54.7 Å². The van der Waals surface area contributed by atoms with E-state index in [0.717, 1.165) is 11.8 Å². The van der Waals surface area contributed by atoms with Gasteiger partial charge in [-0.15, -0.1) is 0 Å². The van der Waals surface area contributed by atoms with E-state index in [2.05, 4.69) is 13.8 Å². The summed E-state index contributed by atoms with van der Waals surface area (Å²) in [5.41, 5.74) is 2.81. The largest absolute Gasteiger partial charge is 0.472 e. The highest BCUT2D eigenvalue weighted by Gasteiger charge is 2.32.